The van der Waals surface area contributed by atoms with Gasteiger partial charge in [-0.05, 0) is 49.6 Å². The lowest BCUT2D eigenvalue weighted by Gasteiger charge is -2.32. The Kier molecular flexibility index (Phi) is 7.50. The highest BCUT2D eigenvalue weighted by Gasteiger charge is 2.22. The second-order valence-corrected chi connectivity index (χ2v) is 9.96. The maximum Gasteiger partial charge on any atom is 0.221 e. The number of nitrogens with one attached hydrogen (secondary N) is 1. The molecule has 0 radical (unpaired) electrons. The largest absolute Gasteiger partial charge is 0.497 e. The van der Waals surface area contributed by atoms with E-state index >= 15 is 0 Å². The highest BCUT2D eigenvalue weighted by atomic mass is 32.2. The van der Waals surface area contributed by atoms with Crippen LogP contribution in [0.4, 0.5) is 0 Å². The number of hydrogen-bond acceptors (Lipinski definition) is 5. The molecule has 7 heteroatoms. The number of likely N-dealkylation sites (tertiary alicyclic amines) is 1. The molecule has 1 fully saturated rings. The van der Waals surface area contributed by atoms with Crippen molar-refractivity contribution in [3.8, 4) is 5.75 Å². The third-order valence-electron chi connectivity index (χ3n) is 5.47. The first kappa shape index (κ1) is 22.3. The number of methoxy groups -OCH3 is 1. The Morgan fingerprint density at radius 3 is 2.50 bits per heavy atom. The molecule has 2 aromatic carbocycles. The van der Waals surface area contributed by atoms with Gasteiger partial charge in [-0.2, -0.15) is 0 Å². The predicted molar refractivity (Wildman–Crippen MR) is 117 cm³/mol. The highest BCUT2D eigenvalue weighted by molar-refractivity contribution is 7.91. The molecule has 1 saturated heterocycles. The van der Waals surface area contributed by atoms with Crippen molar-refractivity contribution in [2.75, 3.05) is 26.0 Å². The van der Waals surface area contributed by atoms with Gasteiger partial charge in [-0.15, -0.1) is 0 Å². The van der Waals surface area contributed by atoms with Crippen molar-refractivity contribution in [1.29, 1.82) is 0 Å². The summed E-state index contributed by atoms with van der Waals surface area (Å²) in [7, 11) is -1.78. The number of hydrogen-bond donors (Lipinski definition) is 1. The van der Waals surface area contributed by atoms with Crippen LogP contribution in [0.25, 0.3) is 0 Å². The smallest absolute Gasteiger partial charge is 0.221 e. The van der Waals surface area contributed by atoms with Crippen LogP contribution < -0.4 is 10.1 Å². The summed E-state index contributed by atoms with van der Waals surface area (Å²) >= 11 is 0. The van der Waals surface area contributed by atoms with E-state index < -0.39 is 9.84 Å². The lowest BCUT2D eigenvalue weighted by atomic mass is 10.0. The number of sulfone groups is 1. The summed E-state index contributed by atoms with van der Waals surface area (Å²) < 4.78 is 30.1. The van der Waals surface area contributed by atoms with Crippen LogP contribution in [-0.4, -0.2) is 51.2 Å². The molecule has 0 spiro atoms. The minimum Gasteiger partial charge on any atom is -0.497 e. The molecule has 0 saturated carbocycles. The number of carbonyl (C=O) groups is 1. The Hall–Kier alpha value is -2.38. The number of carbonyl (C=O) groups excluding carboxylic acids is 1. The first-order valence-electron chi connectivity index (χ1n) is 10.3. The van der Waals surface area contributed by atoms with Gasteiger partial charge in [0, 0.05) is 32.1 Å². The molecule has 0 unspecified atom stereocenters. The van der Waals surface area contributed by atoms with Crippen LogP contribution in [0.1, 0.15) is 30.4 Å². The van der Waals surface area contributed by atoms with Gasteiger partial charge in [-0.3, -0.25) is 9.69 Å². The predicted octanol–water partition coefficient (Wildman–Crippen LogP) is 2.95. The van der Waals surface area contributed by atoms with Gasteiger partial charge in [-0.1, -0.05) is 29.8 Å². The van der Waals surface area contributed by atoms with Crippen molar-refractivity contribution in [3.05, 3.63) is 59.7 Å². The third-order valence-corrected chi connectivity index (χ3v) is 7.20. The lowest BCUT2D eigenvalue weighted by Crippen LogP contribution is -2.44. The summed E-state index contributed by atoms with van der Waals surface area (Å²) in [5.74, 6) is 0.489. The van der Waals surface area contributed by atoms with E-state index in [2.05, 4.69) is 16.3 Å². The number of nitrogens with zero attached hydrogens (tertiary/aromatic N) is 1. The second kappa shape index (κ2) is 10.1. The molecule has 3 rings (SSSR count). The minimum absolute atomic E-state index is 0.0137. The van der Waals surface area contributed by atoms with E-state index in [4.69, 9.17) is 4.74 Å². The van der Waals surface area contributed by atoms with Gasteiger partial charge in [-0.25, -0.2) is 8.42 Å². The van der Waals surface area contributed by atoms with Gasteiger partial charge >= 0.3 is 0 Å². The van der Waals surface area contributed by atoms with E-state index in [1.807, 2.05) is 25.1 Å². The van der Waals surface area contributed by atoms with Gasteiger partial charge < -0.3 is 10.1 Å². The number of rotatable bonds is 8. The molecular formula is C23H30N2O4S. The van der Waals surface area contributed by atoms with E-state index in [0.29, 0.717) is 0 Å². The Morgan fingerprint density at radius 1 is 1.13 bits per heavy atom. The average Bonchev–Trinajstić information content (AvgIpc) is 2.74. The van der Waals surface area contributed by atoms with Crippen LogP contribution in [0.3, 0.4) is 0 Å². The lowest BCUT2D eigenvalue weighted by molar-refractivity contribution is -0.121. The van der Waals surface area contributed by atoms with Crippen molar-refractivity contribution < 1.29 is 17.9 Å². The van der Waals surface area contributed by atoms with Crippen LogP contribution in [0.15, 0.2) is 53.4 Å². The molecule has 30 heavy (non-hydrogen) atoms. The SMILES string of the molecule is COc1cccc(CN2CCC(NC(=O)CCS(=O)(=O)c3ccc(C)cc3)CC2)c1. The first-order valence-corrected chi connectivity index (χ1v) is 11.9. The molecule has 2 aromatic rings. The molecule has 0 atom stereocenters. The van der Waals surface area contributed by atoms with Crippen molar-refractivity contribution >= 4 is 15.7 Å². The summed E-state index contributed by atoms with van der Waals surface area (Å²) in [6, 6.07) is 14.9. The van der Waals surface area contributed by atoms with E-state index in [1.54, 1.807) is 31.4 Å². The zero-order valence-electron chi connectivity index (χ0n) is 17.6. The molecule has 1 aliphatic heterocycles. The summed E-state index contributed by atoms with van der Waals surface area (Å²) in [6.45, 7) is 4.55. The molecule has 1 amide bonds. The number of aryl methyl sites for hydroxylation is 1. The van der Waals surface area contributed by atoms with Gasteiger partial charge in [0.25, 0.3) is 0 Å². The van der Waals surface area contributed by atoms with Gasteiger partial charge in [0.05, 0.1) is 17.8 Å². The monoisotopic (exact) mass is 430 g/mol. The molecule has 162 valence electrons. The van der Waals surface area contributed by atoms with Crippen LogP contribution in [-0.2, 0) is 21.2 Å². The Morgan fingerprint density at radius 2 is 1.83 bits per heavy atom. The molecule has 0 bridgehead atoms. The van der Waals surface area contributed by atoms with Crippen LogP contribution >= 0.6 is 0 Å². The standard InChI is InChI=1S/C23H30N2O4S/c1-18-6-8-22(9-7-18)30(27,28)15-12-23(26)24-20-10-13-25(14-11-20)17-19-4-3-5-21(16-19)29-2/h3-9,16,20H,10-15,17H2,1-2H3,(H,24,26). The van der Waals surface area contributed by atoms with E-state index in [0.717, 1.165) is 43.8 Å². The third kappa shape index (κ3) is 6.31. The number of piperidine rings is 1. The molecule has 1 aliphatic rings. The molecule has 6 nitrogen and oxygen atoms in total. The van der Waals surface area contributed by atoms with Crippen LogP contribution in [0, 0.1) is 6.92 Å². The molecule has 0 aliphatic carbocycles. The first-order chi connectivity index (χ1) is 14.4. The molecule has 1 heterocycles. The van der Waals surface area contributed by atoms with Gasteiger partial charge in [0.15, 0.2) is 9.84 Å². The second-order valence-electron chi connectivity index (χ2n) is 7.85. The maximum atomic E-state index is 12.4. The van der Waals surface area contributed by atoms with Crippen molar-refractivity contribution in [3.63, 3.8) is 0 Å². The normalized spacial score (nSPS) is 15.7. The van der Waals surface area contributed by atoms with E-state index in [1.165, 1.54) is 5.56 Å². The fraction of sp³-hybridized carbons (Fsp3) is 0.435. The summed E-state index contributed by atoms with van der Waals surface area (Å²) in [4.78, 5) is 14.9. The van der Waals surface area contributed by atoms with Gasteiger partial charge in [0.1, 0.15) is 5.75 Å². The molecule has 0 aromatic heterocycles. The number of ether oxygens (including phenoxy) is 1. The van der Waals surface area contributed by atoms with Crippen molar-refractivity contribution in [2.24, 2.45) is 0 Å². The summed E-state index contributed by atoms with van der Waals surface area (Å²) in [5, 5.41) is 3.00. The average molecular weight is 431 g/mol. The Balaban J connectivity index is 1.42. The highest BCUT2D eigenvalue weighted by Crippen LogP contribution is 2.18. The Bertz CT molecular complexity index is 949. The minimum atomic E-state index is -3.44. The van der Waals surface area contributed by atoms with Crippen LogP contribution in [0.5, 0.6) is 5.75 Å². The van der Waals surface area contributed by atoms with E-state index in [-0.39, 0.29) is 29.0 Å². The van der Waals surface area contributed by atoms with Crippen molar-refractivity contribution in [1.82, 2.24) is 10.2 Å². The zero-order valence-corrected chi connectivity index (χ0v) is 18.5. The number of benzene rings is 2. The number of amides is 1. The van der Waals surface area contributed by atoms with Gasteiger partial charge in [0.2, 0.25) is 5.91 Å². The summed E-state index contributed by atoms with van der Waals surface area (Å²) in [6.07, 6.45) is 1.71. The molecule has 1 N–H and O–H groups in total. The molecular weight excluding hydrogens is 400 g/mol. The topological polar surface area (TPSA) is 75.7 Å². The van der Waals surface area contributed by atoms with Crippen LogP contribution in [0.2, 0.25) is 0 Å². The van der Waals surface area contributed by atoms with E-state index in [9.17, 15) is 13.2 Å². The quantitative estimate of drug-likeness (QED) is 0.697. The van der Waals surface area contributed by atoms with Crippen molar-refractivity contribution in [2.45, 2.75) is 43.7 Å². The maximum absolute atomic E-state index is 12.4. The zero-order chi connectivity index (χ0) is 21.6. The fourth-order valence-corrected chi connectivity index (χ4v) is 4.90. The summed E-state index contributed by atoms with van der Waals surface area (Å²) in [5.41, 5.74) is 2.21. The Labute approximate surface area is 179 Å². The fourth-order valence-electron chi connectivity index (χ4n) is 3.65.